The van der Waals surface area contributed by atoms with Crippen LogP contribution in [0.4, 0.5) is 11.5 Å². The molecular weight excluding hydrogens is 264 g/mol. The maximum atomic E-state index is 5.44. The highest BCUT2D eigenvalue weighted by atomic mass is 16.5. The molecule has 1 atom stereocenters. The first-order valence-corrected chi connectivity index (χ1v) is 6.94. The van der Waals surface area contributed by atoms with Crippen LogP contribution >= 0.6 is 0 Å². The molecule has 0 N–H and O–H groups in total. The van der Waals surface area contributed by atoms with Crippen LogP contribution in [0.3, 0.4) is 0 Å². The van der Waals surface area contributed by atoms with Gasteiger partial charge in [-0.2, -0.15) is 10.1 Å². The number of para-hydroxylation sites is 1. The number of hydrogen-bond acceptors (Lipinski definition) is 4. The van der Waals surface area contributed by atoms with Crippen molar-refractivity contribution in [2.24, 2.45) is 15.9 Å². The van der Waals surface area contributed by atoms with Crippen molar-refractivity contribution in [1.82, 2.24) is 9.78 Å². The molecule has 5 nitrogen and oxygen atoms in total. The lowest BCUT2D eigenvalue weighted by molar-refractivity contribution is 0.384. The summed E-state index contributed by atoms with van der Waals surface area (Å²) in [5.41, 5.74) is 3.62. The van der Waals surface area contributed by atoms with Gasteiger partial charge in [0.15, 0.2) is 11.7 Å². The van der Waals surface area contributed by atoms with Crippen LogP contribution in [0.15, 0.2) is 40.3 Å². The van der Waals surface area contributed by atoms with E-state index < -0.39 is 0 Å². The third-order valence-corrected chi connectivity index (χ3v) is 3.72. The lowest BCUT2D eigenvalue weighted by atomic mass is 10.1. The number of rotatable bonds is 1. The molecule has 0 fully saturated rings. The summed E-state index contributed by atoms with van der Waals surface area (Å²) < 4.78 is 7.26. The number of benzene rings is 1. The van der Waals surface area contributed by atoms with E-state index in [2.05, 4.69) is 10.1 Å². The van der Waals surface area contributed by atoms with Crippen LogP contribution in [0, 0.1) is 12.8 Å². The van der Waals surface area contributed by atoms with Gasteiger partial charge < -0.3 is 4.74 Å². The molecule has 0 saturated carbocycles. The Labute approximate surface area is 124 Å². The molecule has 1 aliphatic rings. The fourth-order valence-electron chi connectivity index (χ4n) is 2.36. The lowest BCUT2D eigenvalue weighted by Crippen LogP contribution is -2.19. The van der Waals surface area contributed by atoms with Crippen LogP contribution in [0.2, 0.25) is 0 Å². The van der Waals surface area contributed by atoms with Gasteiger partial charge in [-0.25, -0.2) is 4.68 Å². The standard InChI is InChI=1S/C16H18N4O/c1-10-11(2)17-14-12(3)19-20(13-8-6-5-7-9-13)15(14)18-16(10)21-4/h5-10H,1-4H3. The van der Waals surface area contributed by atoms with Crippen LogP contribution < -0.4 is 0 Å². The fraction of sp³-hybridized carbons (Fsp3) is 0.312. The quantitative estimate of drug-likeness (QED) is 0.802. The van der Waals surface area contributed by atoms with E-state index in [0.29, 0.717) is 5.90 Å². The van der Waals surface area contributed by atoms with Crippen molar-refractivity contribution in [3.05, 3.63) is 36.0 Å². The van der Waals surface area contributed by atoms with Crippen molar-refractivity contribution in [2.75, 3.05) is 7.11 Å². The molecule has 0 saturated heterocycles. The van der Waals surface area contributed by atoms with Crippen molar-refractivity contribution in [3.63, 3.8) is 0 Å². The number of fused-ring (bicyclic) bond motifs is 1. The molecular formula is C16H18N4O. The zero-order chi connectivity index (χ0) is 15.0. The minimum atomic E-state index is 0.0611. The number of aromatic nitrogens is 2. The molecule has 21 heavy (non-hydrogen) atoms. The van der Waals surface area contributed by atoms with Crippen LogP contribution in [-0.2, 0) is 4.74 Å². The second-order valence-electron chi connectivity index (χ2n) is 5.13. The maximum absolute atomic E-state index is 5.44. The normalized spacial score (nSPS) is 17.6. The highest BCUT2D eigenvalue weighted by Gasteiger charge is 2.24. The fourth-order valence-corrected chi connectivity index (χ4v) is 2.36. The first-order valence-electron chi connectivity index (χ1n) is 6.94. The third kappa shape index (κ3) is 2.24. The van der Waals surface area contributed by atoms with E-state index in [0.717, 1.165) is 28.6 Å². The van der Waals surface area contributed by atoms with Crippen LogP contribution in [0.1, 0.15) is 19.5 Å². The molecule has 0 radical (unpaired) electrons. The molecule has 2 heterocycles. The molecule has 1 aliphatic heterocycles. The topological polar surface area (TPSA) is 51.8 Å². The minimum absolute atomic E-state index is 0.0611. The highest BCUT2D eigenvalue weighted by molar-refractivity contribution is 6.06. The van der Waals surface area contributed by atoms with E-state index in [1.54, 1.807) is 7.11 Å². The number of aryl methyl sites for hydroxylation is 1. The molecule has 0 spiro atoms. The van der Waals surface area contributed by atoms with Crippen molar-refractivity contribution in [1.29, 1.82) is 0 Å². The van der Waals surface area contributed by atoms with Gasteiger partial charge in [0.25, 0.3) is 0 Å². The van der Waals surface area contributed by atoms with E-state index in [-0.39, 0.29) is 5.92 Å². The van der Waals surface area contributed by atoms with Gasteiger partial charge in [-0.15, -0.1) is 0 Å². The van der Waals surface area contributed by atoms with Gasteiger partial charge >= 0.3 is 0 Å². The summed E-state index contributed by atoms with van der Waals surface area (Å²) in [6.45, 7) is 5.99. The van der Waals surface area contributed by atoms with Crippen molar-refractivity contribution < 1.29 is 4.74 Å². The minimum Gasteiger partial charge on any atom is -0.484 e. The molecule has 1 aromatic carbocycles. The molecule has 3 rings (SSSR count). The van der Waals surface area contributed by atoms with E-state index in [1.807, 2.05) is 55.8 Å². The van der Waals surface area contributed by atoms with Gasteiger partial charge in [-0.05, 0) is 32.9 Å². The summed E-state index contributed by atoms with van der Waals surface area (Å²) in [6.07, 6.45) is 0. The van der Waals surface area contributed by atoms with Crippen molar-refractivity contribution in [2.45, 2.75) is 20.8 Å². The zero-order valence-corrected chi connectivity index (χ0v) is 12.7. The maximum Gasteiger partial charge on any atom is 0.198 e. The van der Waals surface area contributed by atoms with Crippen molar-refractivity contribution >= 4 is 23.1 Å². The first-order chi connectivity index (χ1) is 10.1. The summed E-state index contributed by atoms with van der Waals surface area (Å²) in [7, 11) is 1.64. The van der Waals surface area contributed by atoms with Gasteiger partial charge in [0, 0.05) is 5.71 Å². The largest absolute Gasteiger partial charge is 0.484 e. The van der Waals surface area contributed by atoms with Gasteiger partial charge in [-0.3, -0.25) is 4.99 Å². The Bertz CT molecular complexity index is 728. The molecule has 0 bridgehead atoms. The monoisotopic (exact) mass is 282 g/mol. The number of ether oxygens (including phenoxy) is 1. The Balaban J connectivity index is 2.26. The Morgan fingerprint density at radius 1 is 1.10 bits per heavy atom. The molecule has 0 amide bonds. The van der Waals surface area contributed by atoms with Crippen LogP contribution in [-0.4, -0.2) is 28.5 Å². The molecule has 1 aromatic heterocycles. The predicted molar refractivity (Wildman–Crippen MR) is 84.3 cm³/mol. The summed E-state index contributed by atoms with van der Waals surface area (Å²) in [6, 6.07) is 9.94. The van der Waals surface area contributed by atoms with Crippen LogP contribution in [0.25, 0.3) is 5.69 Å². The number of nitrogens with zero attached hydrogens (tertiary/aromatic N) is 4. The number of aliphatic imine (C=N–C) groups is 2. The summed E-state index contributed by atoms with van der Waals surface area (Å²) in [4.78, 5) is 9.37. The Hall–Kier alpha value is -2.43. The Morgan fingerprint density at radius 2 is 1.81 bits per heavy atom. The average molecular weight is 282 g/mol. The van der Waals surface area contributed by atoms with Crippen LogP contribution in [0.5, 0.6) is 0 Å². The van der Waals surface area contributed by atoms with Gasteiger partial charge in [0.05, 0.1) is 24.4 Å². The first kappa shape index (κ1) is 13.5. The Morgan fingerprint density at radius 3 is 2.48 bits per heavy atom. The molecule has 2 aromatic rings. The number of hydrogen-bond donors (Lipinski definition) is 0. The summed E-state index contributed by atoms with van der Waals surface area (Å²) in [5, 5.41) is 4.58. The molecule has 1 unspecified atom stereocenters. The van der Waals surface area contributed by atoms with Gasteiger partial charge in [0.2, 0.25) is 0 Å². The average Bonchev–Trinajstić information content (AvgIpc) is 2.74. The third-order valence-electron chi connectivity index (χ3n) is 3.72. The zero-order valence-electron chi connectivity index (χ0n) is 12.7. The SMILES string of the molecule is COC1=Nc2c(c(C)nn2-c2ccccc2)N=C(C)C1C. The highest BCUT2D eigenvalue weighted by Crippen LogP contribution is 2.36. The van der Waals surface area contributed by atoms with E-state index in [9.17, 15) is 0 Å². The smallest absolute Gasteiger partial charge is 0.198 e. The molecule has 108 valence electrons. The Kier molecular flexibility index (Phi) is 3.33. The van der Waals surface area contributed by atoms with E-state index in [1.165, 1.54) is 0 Å². The van der Waals surface area contributed by atoms with Crippen molar-refractivity contribution in [3.8, 4) is 5.69 Å². The van der Waals surface area contributed by atoms with Gasteiger partial charge in [0.1, 0.15) is 5.69 Å². The molecule has 0 aliphatic carbocycles. The van der Waals surface area contributed by atoms with Gasteiger partial charge in [-0.1, -0.05) is 18.2 Å². The number of methoxy groups -OCH3 is 1. The second-order valence-corrected chi connectivity index (χ2v) is 5.13. The lowest BCUT2D eigenvalue weighted by Gasteiger charge is -2.11. The predicted octanol–water partition coefficient (Wildman–Crippen LogP) is 3.60. The summed E-state index contributed by atoms with van der Waals surface area (Å²) >= 11 is 0. The van der Waals surface area contributed by atoms with E-state index in [4.69, 9.17) is 9.73 Å². The second kappa shape index (κ2) is 5.16. The summed E-state index contributed by atoms with van der Waals surface area (Å²) in [5.74, 6) is 1.44. The molecule has 5 heteroatoms. The van der Waals surface area contributed by atoms with E-state index >= 15 is 0 Å².